The Bertz CT molecular complexity index is 2220. The SMILES string of the molecule is Cc1ccc2c3ccc(C)cc3n(-c3ccc(-c4ccc(N(c5ccccc5)c5ccc(-c6ccccc6)cc5)cc4)cc3)c2c1. The third-order valence-corrected chi connectivity index (χ3v) is 8.91. The van der Waals surface area contributed by atoms with Gasteiger partial charge in [-0.05, 0) is 108 Å². The lowest BCUT2D eigenvalue weighted by molar-refractivity contribution is 1.17. The van der Waals surface area contributed by atoms with E-state index in [9.17, 15) is 0 Å². The van der Waals surface area contributed by atoms with Crippen LogP contribution in [0.2, 0.25) is 0 Å². The van der Waals surface area contributed by atoms with Crippen molar-refractivity contribution in [2.24, 2.45) is 0 Å². The molecule has 0 saturated heterocycles. The van der Waals surface area contributed by atoms with Gasteiger partial charge in [0.1, 0.15) is 0 Å². The van der Waals surface area contributed by atoms with Crippen molar-refractivity contribution in [1.29, 1.82) is 0 Å². The summed E-state index contributed by atoms with van der Waals surface area (Å²) < 4.78 is 2.40. The fraction of sp³-hybridized carbons (Fsp3) is 0.0455. The van der Waals surface area contributed by atoms with Gasteiger partial charge in [0.15, 0.2) is 0 Å². The van der Waals surface area contributed by atoms with E-state index < -0.39 is 0 Å². The van der Waals surface area contributed by atoms with E-state index in [4.69, 9.17) is 0 Å². The molecule has 46 heavy (non-hydrogen) atoms. The number of fused-ring (bicyclic) bond motifs is 3. The maximum atomic E-state index is 2.40. The topological polar surface area (TPSA) is 8.17 Å². The summed E-state index contributed by atoms with van der Waals surface area (Å²) >= 11 is 0. The molecule has 7 aromatic carbocycles. The maximum Gasteiger partial charge on any atom is 0.0543 e. The van der Waals surface area contributed by atoms with Crippen LogP contribution in [0.4, 0.5) is 17.1 Å². The molecule has 1 heterocycles. The van der Waals surface area contributed by atoms with Crippen LogP contribution in [0.3, 0.4) is 0 Å². The predicted molar refractivity (Wildman–Crippen MR) is 196 cm³/mol. The molecule has 0 radical (unpaired) electrons. The molecule has 0 aliphatic carbocycles. The van der Waals surface area contributed by atoms with Gasteiger partial charge in [0, 0.05) is 33.5 Å². The van der Waals surface area contributed by atoms with Crippen LogP contribution in [0, 0.1) is 13.8 Å². The Morgan fingerprint density at radius 3 is 1.24 bits per heavy atom. The van der Waals surface area contributed by atoms with E-state index in [2.05, 4.69) is 193 Å². The van der Waals surface area contributed by atoms with E-state index in [0.29, 0.717) is 0 Å². The summed E-state index contributed by atoms with van der Waals surface area (Å²) in [5, 5.41) is 2.58. The van der Waals surface area contributed by atoms with Crippen LogP contribution in [-0.2, 0) is 0 Å². The van der Waals surface area contributed by atoms with Crippen LogP contribution < -0.4 is 4.90 Å². The Labute approximate surface area is 270 Å². The fourth-order valence-electron chi connectivity index (χ4n) is 6.58. The highest BCUT2D eigenvalue weighted by Crippen LogP contribution is 2.37. The van der Waals surface area contributed by atoms with Gasteiger partial charge >= 0.3 is 0 Å². The quantitative estimate of drug-likeness (QED) is 0.187. The number of nitrogens with zero attached hydrogens (tertiary/aromatic N) is 2. The van der Waals surface area contributed by atoms with E-state index >= 15 is 0 Å². The van der Waals surface area contributed by atoms with Gasteiger partial charge in [0.2, 0.25) is 0 Å². The van der Waals surface area contributed by atoms with Crippen LogP contribution in [0.5, 0.6) is 0 Å². The average Bonchev–Trinajstić information content (AvgIpc) is 3.42. The number of anilines is 3. The van der Waals surface area contributed by atoms with Crippen molar-refractivity contribution in [3.63, 3.8) is 0 Å². The first kappa shape index (κ1) is 27.7. The molecule has 0 fully saturated rings. The molecule has 0 N–H and O–H groups in total. The molecule has 0 aliphatic rings. The van der Waals surface area contributed by atoms with Crippen molar-refractivity contribution < 1.29 is 0 Å². The third-order valence-electron chi connectivity index (χ3n) is 8.91. The van der Waals surface area contributed by atoms with E-state index in [1.807, 2.05) is 0 Å². The van der Waals surface area contributed by atoms with Gasteiger partial charge in [0.25, 0.3) is 0 Å². The smallest absolute Gasteiger partial charge is 0.0543 e. The summed E-state index contributed by atoms with van der Waals surface area (Å²) in [7, 11) is 0. The molecule has 220 valence electrons. The van der Waals surface area contributed by atoms with Gasteiger partial charge in [-0.3, -0.25) is 0 Å². The lowest BCUT2D eigenvalue weighted by atomic mass is 10.0. The number of hydrogen-bond donors (Lipinski definition) is 0. The molecule has 8 rings (SSSR count). The zero-order chi connectivity index (χ0) is 31.0. The molecule has 0 saturated carbocycles. The second-order valence-electron chi connectivity index (χ2n) is 12.1. The van der Waals surface area contributed by atoms with Crippen LogP contribution in [0.25, 0.3) is 49.7 Å². The molecule has 0 aliphatic heterocycles. The highest BCUT2D eigenvalue weighted by molar-refractivity contribution is 6.09. The first-order valence-corrected chi connectivity index (χ1v) is 15.9. The van der Waals surface area contributed by atoms with Crippen molar-refractivity contribution >= 4 is 38.9 Å². The standard InChI is InChI=1S/C44H34N2/c1-31-13-27-41-42-28-14-32(2)30-44(42)46(43(41)29-31)40-25-19-36(20-26-40)35-17-23-39(24-18-35)45(37-11-7-4-8-12-37)38-21-15-34(16-22-38)33-9-5-3-6-10-33/h3-30H,1-2H3. The number of benzene rings is 7. The van der Waals surface area contributed by atoms with Crippen LogP contribution >= 0.6 is 0 Å². The van der Waals surface area contributed by atoms with E-state index in [1.165, 1.54) is 60.9 Å². The minimum atomic E-state index is 1.12. The van der Waals surface area contributed by atoms with E-state index in [1.54, 1.807) is 0 Å². The molecule has 0 spiro atoms. The van der Waals surface area contributed by atoms with E-state index in [-0.39, 0.29) is 0 Å². The average molecular weight is 591 g/mol. The fourth-order valence-corrected chi connectivity index (χ4v) is 6.58. The zero-order valence-electron chi connectivity index (χ0n) is 26.1. The molecule has 1 aromatic heterocycles. The molecular formula is C44H34N2. The Hall–Kier alpha value is -5.86. The molecular weight excluding hydrogens is 556 g/mol. The maximum absolute atomic E-state index is 2.40. The Morgan fingerprint density at radius 1 is 0.370 bits per heavy atom. The van der Waals surface area contributed by atoms with Crippen molar-refractivity contribution in [3.8, 4) is 27.9 Å². The molecule has 2 heteroatoms. The van der Waals surface area contributed by atoms with Crippen LogP contribution in [-0.4, -0.2) is 4.57 Å². The first-order valence-electron chi connectivity index (χ1n) is 15.9. The monoisotopic (exact) mass is 590 g/mol. The van der Waals surface area contributed by atoms with Crippen molar-refractivity contribution in [1.82, 2.24) is 4.57 Å². The van der Waals surface area contributed by atoms with Crippen LogP contribution in [0.15, 0.2) is 170 Å². The summed E-state index contributed by atoms with van der Waals surface area (Å²) in [6.07, 6.45) is 0. The number of aryl methyl sites for hydroxylation is 2. The van der Waals surface area contributed by atoms with Crippen molar-refractivity contribution in [2.75, 3.05) is 4.90 Å². The molecule has 2 nitrogen and oxygen atoms in total. The summed E-state index contributed by atoms with van der Waals surface area (Å²) in [6.45, 7) is 4.33. The van der Waals surface area contributed by atoms with Gasteiger partial charge < -0.3 is 9.47 Å². The molecule has 0 atom stereocenters. The predicted octanol–water partition coefficient (Wildman–Crippen LogP) is 12.2. The van der Waals surface area contributed by atoms with Crippen LogP contribution in [0.1, 0.15) is 11.1 Å². The van der Waals surface area contributed by atoms with Gasteiger partial charge in [-0.2, -0.15) is 0 Å². The van der Waals surface area contributed by atoms with E-state index in [0.717, 1.165) is 17.1 Å². The lowest BCUT2D eigenvalue weighted by Gasteiger charge is -2.26. The van der Waals surface area contributed by atoms with Crippen molar-refractivity contribution in [3.05, 3.63) is 181 Å². The van der Waals surface area contributed by atoms with Gasteiger partial charge in [-0.1, -0.05) is 109 Å². The highest BCUT2D eigenvalue weighted by atomic mass is 15.1. The van der Waals surface area contributed by atoms with Gasteiger partial charge in [-0.15, -0.1) is 0 Å². The summed E-state index contributed by atoms with van der Waals surface area (Å²) in [6, 6.07) is 61.3. The Balaban J connectivity index is 1.13. The molecule has 0 unspecified atom stereocenters. The number of aromatic nitrogens is 1. The largest absolute Gasteiger partial charge is 0.311 e. The Morgan fingerprint density at radius 2 is 0.761 bits per heavy atom. The number of para-hydroxylation sites is 1. The van der Waals surface area contributed by atoms with Gasteiger partial charge in [-0.25, -0.2) is 0 Å². The second-order valence-corrected chi connectivity index (χ2v) is 12.1. The van der Waals surface area contributed by atoms with Crippen molar-refractivity contribution in [2.45, 2.75) is 13.8 Å². The molecule has 8 aromatic rings. The molecule has 0 amide bonds. The second kappa shape index (κ2) is 11.6. The minimum absolute atomic E-state index is 1.12. The first-order chi connectivity index (χ1) is 22.6. The molecule has 0 bridgehead atoms. The summed E-state index contributed by atoms with van der Waals surface area (Å²) in [5.41, 5.74) is 14.4. The lowest BCUT2D eigenvalue weighted by Crippen LogP contribution is -2.09. The summed E-state index contributed by atoms with van der Waals surface area (Å²) in [4.78, 5) is 2.31. The third kappa shape index (κ3) is 5.04. The normalized spacial score (nSPS) is 11.3. The zero-order valence-corrected chi connectivity index (χ0v) is 26.1. The number of rotatable bonds is 6. The minimum Gasteiger partial charge on any atom is -0.311 e. The Kier molecular flexibility index (Phi) is 6.96. The number of hydrogen-bond acceptors (Lipinski definition) is 1. The summed E-state index contributed by atoms with van der Waals surface area (Å²) in [5.74, 6) is 0. The highest BCUT2D eigenvalue weighted by Gasteiger charge is 2.15. The van der Waals surface area contributed by atoms with Gasteiger partial charge in [0.05, 0.1) is 11.0 Å².